The van der Waals surface area contributed by atoms with Crippen LogP contribution in [0.5, 0.6) is 5.75 Å². The van der Waals surface area contributed by atoms with Crippen LogP contribution < -0.4 is 0 Å². The normalized spacial score (nSPS) is 9.70. The van der Waals surface area contributed by atoms with Crippen LogP contribution in [0.3, 0.4) is 0 Å². The van der Waals surface area contributed by atoms with E-state index in [1.807, 2.05) is 0 Å². The van der Waals surface area contributed by atoms with E-state index in [4.69, 9.17) is 5.11 Å². The highest BCUT2D eigenvalue weighted by molar-refractivity contribution is 7.99. The fraction of sp³-hybridized carbons (Fsp3) is 0.143. The highest BCUT2D eigenvalue weighted by atomic mass is 32.2. The number of hydrogen-bond acceptors (Lipinski definition) is 2. The first-order chi connectivity index (χ1) is 4.83. The van der Waals surface area contributed by atoms with Gasteiger partial charge in [-0.05, 0) is 24.3 Å². The Bertz CT molecular complexity index is 197. The molecular formula is C7H7FOS. The summed E-state index contributed by atoms with van der Waals surface area (Å²) in [7, 11) is 0. The molecule has 0 saturated heterocycles. The standard InChI is InChI=1S/C7H7FOS/c8-5-10-7-3-1-6(9)2-4-7/h1-4,9H,5H2. The Morgan fingerprint density at radius 1 is 1.30 bits per heavy atom. The molecule has 0 amide bonds. The van der Waals surface area contributed by atoms with E-state index in [1.54, 1.807) is 12.1 Å². The van der Waals surface area contributed by atoms with Gasteiger partial charge in [-0.3, -0.25) is 0 Å². The quantitative estimate of drug-likeness (QED) is 0.667. The SMILES string of the molecule is Oc1ccc(SCF)cc1. The highest BCUT2D eigenvalue weighted by Crippen LogP contribution is 2.20. The number of aromatic hydroxyl groups is 1. The second-order valence-corrected chi connectivity index (χ2v) is 2.73. The van der Waals surface area contributed by atoms with Crippen LogP contribution in [0.15, 0.2) is 29.2 Å². The molecule has 0 aliphatic heterocycles. The van der Waals surface area contributed by atoms with Crippen LogP contribution in [0.2, 0.25) is 0 Å². The number of phenolic OH excluding ortho intramolecular Hbond substituents is 1. The second kappa shape index (κ2) is 3.46. The van der Waals surface area contributed by atoms with Gasteiger partial charge < -0.3 is 5.11 Å². The van der Waals surface area contributed by atoms with Crippen molar-refractivity contribution in [3.05, 3.63) is 24.3 Å². The molecule has 1 aromatic rings. The van der Waals surface area contributed by atoms with Crippen LogP contribution in [-0.4, -0.2) is 11.1 Å². The Morgan fingerprint density at radius 2 is 1.90 bits per heavy atom. The number of phenols is 1. The fourth-order valence-electron chi connectivity index (χ4n) is 0.605. The molecule has 0 spiro atoms. The average Bonchev–Trinajstić information content (AvgIpc) is 1.95. The van der Waals surface area contributed by atoms with Crippen LogP contribution in [0.1, 0.15) is 0 Å². The molecule has 1 N–H and O–H groups in total. The molecule has 0 heterocycles. The van der Waals surface area contributed by atoms with Crippen LogP contribution in [-0.2, 0) is 0 Å². The van der Waals surface area contributed by atoms with Crippen LogP contribution in [0.25, 0.3) is 0 Å². The molecule has 54 valence electrons. The maximum absolute atomic E-state index is 11.7. The van der Waals surface area contributed by atoms with E-state index in [9.17, 15) is 4.39 Å². The number of hydrogen-bond donors (Lipinski definition) is 1. The molecule has 0 aliphatic rings. The molecule has 1 aromatic carbocycles. The molecule has 10 heavy (non-hydrogen) atoms. The minimum atomic E-state index is -0.426. The summed E-state index contributed by atoms with van der Waals surface area (Å²) >= 11 is 1.11. The molecule has 1 rings (SSSR count). The summed E-state index contributed by atoms with van der Waals surface area (Å²) in [6, 6.07) is 6.01. The first kappa shape index (κ1) is 7.41. The Balaban J connectivity index is 2.69. The van der Waals surface area contributed by atoms with E-state index >= 15 is 0 Å². The zero-order valence-corrected chi connectivity index (χ0v) is 6.07. The lowest BCUT2D eigenvalue weighted by Gasteiger charge is -1.94. The zero-order valence-electron chi connectivity index (χ0n) is 5.25. The Hall–Kier alpha value is -0.700. The van der Waals surface area contributed by atoms with Crippen LogP contribution >= 0.6 is 11.8 Å². The lowest BCUT2D eigenvalue weighted by Crippen LogP contribution is -1.69. The van der Waals surface area contributed by atoms with Crippen molar-refractivity contribution in [1.29, 1.82) is 0 Å². The van der Waals surface area contributed by atoms with E-state index in [0.29, 0.717) is 0 Å². The highest BCUT2D eigenvalue weighted by Gasteiger charge is 1.91. The molecule has 0 aromatic heterocycles. The summed E-state index contributed by atoms with van der Waals surface area (Å²) < 4.78 is 11.7. The van der Waals surface area contributed by atoms with E-state index < -0.39 is 6.01 Å². The number of benzene rings is 1. The van der Waals surface area contributed by atoms with Crippen molar-refractivity contribution < 1.29 is 9.50 Å². The average molecular weight is 158 g/mol. The van der Waals surface area contributed by atoms with Crippen molar-refractivity contribution in [3.63, 3.8) is 0 Å². The Morgan fingerprint density at radius 3 is 2.40 bits per heavy atom. The van der Waals surface area contributed by atoms with Gasteiger partial charge in [-0.1, -0.05) is 11.8 Å². The number of rotatable bonds is 2. The summed E-state index contributed by atoms with van der Waals surface area (Å²) in [5, 5.41) is 8.82. The van der Waals surface area contributed by atoms with Gasteiger partial charge in [0.25, 0.3) is 0 Å². The fourth-order valence-corrected chi connectivity index (χ4v) is 1.06. The molecule has 0 bridgehead atoms. The summed E-state index contributed by atoms with van der Waals surface area (Å²) in [4.78, 5) is 0.834. The number of alkyl halides is 1. The van der Waals surface area contributed by atoms with Gasteiger partial charge in [0.1, 0.15) is 11.8 Å². The second-order valence-electron chi connectivity index (χ2n) is 1.75. The summed E-state index contributed by atoms with van der Waals surface area (Å²) in [6.07, 6.45) is 0. The van der Waals surface area contributed by atoms with E-state index in [1.165, 1.54) is 12.1 Å². The third kappa shape index (κ3) is 1.92. The number of thioether (sulfide) groups is 1. The van der Waals surface area contributed by atoms with Crippen molar-refractivity contribution in [1.82, 2.24) is 0 Å². The minimum Gasteiger partial charge on any atom is -0.508 e. The molecule has 0 atom stereocenters. The molecule has 0 aliphatic carbocycles. The van der Waals surface area contributed by atoms with E-state index in [0.717, 1.165) is 16.7 Å². The smallest absolute Gasteiger partial charge is 0.139 e. The molecular weight excluding hydrogens is 151 g/mol. The Labute approximate surface area is 62.9 Å². The topological polar surface area (TPSA) is 20.2 Å². The van der Waals surface area contributed by atoms with Gasteiger partial charge in [0.05, 0.1) is 0 Å². The largest absolute Gasteiger partial charge is 0.508 e. The van der Waals surface area contributed by atoms with Gasteiger partial charge >= 0.3 is 0 Å². The predicted octanol–water partition coefficient (Wildman–Crippen LogP) is 2.41. The predicted molar refractivity (Wildman–Crippen MR) is 39.9 cm³/mol. The van der Waals surface area contributed by atoms with E-state index in [-0.39, 0.29) is 5.75 Å². The summed E-state index contributed by atoms with van der Waals surface area (Å²) in [5.74, 6) is 0.211. The van der Waals surface area contributed by atoms with E-state index in [2.05, 4.69) is 0 Å². The van der Waals surface area contributed by atoms with Crippen LogP contribution in [0.4, 0.5) is 4.39 Å². The minimum absolute atomic E-state index is 0.211. The lowest BCUT2D eigenvalue weighted by atomic mass is 10.3. The monoisotopic (exact) mass is 158 g/mol. The first-order valence-corrected chi connectivity index (χ1v) is 3.79. The lowest BCUT2D eigenvalue weighted by molar-refractivity contribution is 0.475. The first-order valence-electron chi connectivity index (χ1n) is 2.81. The molecule has 1 nitrogen and oxygen atoms in total. The Kier molecular flexibility index (Phi) is 2.57. The van der Waals surface area contributed by atoms with Crippen molar-refractivity contribution in [2.24, 2.45) is 0 Å². The van der Waals surface area contributed by atoms with Gasteiger partial charge in [-0.15, -0.1) is 0 Å². The van der Waals surface area contributed by atoms with Crippen molar-refractivity contribution >= 4 is 11.8 Å². The van der Waals surface area contributed by atoms with Crippen molar-refractivity contribution in [2.75, 3.05) is 6.01 Å². The maximum Gasteiger partial charge on any atom is 0.139 e. The summed E-state index contributed by atoms with van der Waals surface area (Å²) in [6.45, 7) is 0. The molecule has 3 heteroatoms. The van der Waals surface area contributed by atoms with Crippen LogP contribution in [0, 0.1) is 0 Å². The summed E-state index contributed by atoms with van der Waals surface area (Å²) in [5.41, 5.74) is 0. The van der Waals surface area contributed by atoms with Crippen molar-refractivity contribution in [3.8, 4) is 5.75 Å². The van der Waals surface area contributed by atoms with Crippen molar-refractivity contribution in [2.45, 2.75) is 4.90 Å². The van der Waals surface area contributed by atoms with Gasteiger partial charge in [0.2, 0.25) is 0 Å². The van der Waals surface area contributed by atoms with Gasteiger partial charge in [0, 0.05) is 4.90 Å². The third-order valence-corrected chi connectivity index (χ3v) is 1.77. The molecule has 0 unspecified atom stereocenters. The van der Waals surface area contributed by atoms with Gasteiger partial charge in [-0.2, -0.15) is 0 Å². The molecule has 0 saturated carbocycles. The zero-order chi connectivity index (χ0) is 7.40. The van der Waals surface area contributed by atoms with Gasteiger partial charge in [0.15, 0.2) is 0 Å². The van der Waals surface area contributed by atoms with Gasteiger partial charge in [-0.25, -0.2) is 4.39 Å². The molecule has 0 radical (unpaired) electrons. The third-order valence-electron chi connectivity index (χ3n) is 1.06. The molecule has 0 fully saturated rings. The number of halogens is 1. The maximum atomic E-state index is 11.7.